The molecule has 0 atom stereocenters. The molecule has 2 amide bonds. The van der Waals surface area contributed by atoms with Crippen molar-refractivity contribution in [3.63, 3.8) is 0 Å². The Hall–Kier alpha value is -4.59. The Morgan fingerprint density at radius 3 is 2.78 bits per heavy atom. The summed E-state index contributed by atoms with van der Waals surface area (Å²) in [6.07, 6.45) is 7.39. The van der Waals surface area contributed by atoms with E-state index in [2.05, 4.69) is 20.2 Å². The molecular weight excluding hydrogens is 459 g/mol. The van der Waals surface area contributed by atoms with Gasteiger partial charge in [-0.05, 0) is 61.4 Å². The van der Waals surface area contributed by atoms with Gasteiger partial charge in [0, 0.05) is 52.9 Å². The highest BCUT2D eigenvalue weighted by Gasteiger charge is 2.18. The number of aromatic amines is 1. The van der Waals surface area contributed by atoms with Gasteiger partial charge in [-0.15, -0.1) is 0 Å². The van der Waals surface area contributed by atoms with Crippen LogP contribution in [0.5, 0.6) is 0 Å². The number of carbonyl (C=O) groups is 2. The van der Waals surface area contributed by atoms with E-state index in [4.69, 9.17) is 4.42 Å². The van der Waals surface area contributed by atoms with Crippen LogP contribution in [0.15, 0.2) is 83.4 Å². The minimum absolute atomic E-state index is 0.107. The molecule has 36 heavy (non-hydrogen) atoms. The summed E-state index contributed by atoms with van der Waals surface area (Å²) in [4.78, 5) is 29.0. The lowest BCUT2D eigenvalue weighted by molar-refractivity contribution is -0.117. The van der Waals surface area contributed by atoms with Crippen LogP contribution in [0.1, 0.15) is 28.6 Å². The number of H-pyrrole nitrogens is 1. The van der Waals surface area contributed by atoms with Gasteiger partial charge >= 0.3 is 0 Å². The summed E-state index contributed by atoms with van der Waals surface area (Å²) < 4.78 is 20.8. The Kier molecular flexibility index (Phi) is 6.40. The summed E-state index contributed by atoms with van der Waals surface area (Å²) >= 11 is 0. The van der Waals surface area contributed by atoms with Crippen LogP contribution in [0.4, 0.5) is 4.39 Å². The van der Waals surface area contributed by atoms with Crippen molar-refractivity contribution in [1.29, 1.82) is 0 Å². The smallest absolute Gasteiger partial charge is 0.291 e. The van der Waals surface area contributed by atoms with E-state index in [0.29, 0.717) is 18.5 Å². The van der Waals surface area contributed by atoms with E-state index in [1.165, 1.54) is 24.5 Å². The molecule has 0 unspecified atom stereocenters. The van der Waals surface area contributed by atoms with Crippen LogP contribution in [0.25, 0.3) is 27.9 Å². The van der Waals surface area contributed by atoms with Crippen LogP contribution in [0.3, 0.4) is 0 Å². The molecule has 3 aromatic heterocycles. The number of rotatable bonds is 8. The number of halogens is 1. The normalized spacial score (nSPS) is 11.8. The number of fused-ring (bicyclic) bond motifs is 2. The predicted octanol–water partition coefficient (Wildman–Crippen LogP) is 5.00. The molecule has 0 saturated heterocycles. The molecule has 3 heterocycles. The standard InChI is InChI=1S/C28H25FN4O3/c1-2-33-17-19(22-6-3-4-7-25(22)33)14-24(32-28(35)26-8-5-13-36-26)27(34)30-12-11-18-16-31-23-15-20(29)9-10-21(18)23/h3-10,13-17,31H,2,11-12H2,1H3,(H,30,34)(H,32,35). The van der Waals surface area contributed by atoms with E-state index in [1.54, 1.807) is 18.2 Å². The van der Waals surface area contributed by atoms with Gasteiger partial charge in [-0.3, -0.25) is 9.59 Å². The first-order chi connectivity index (χ1) is 17.5. The summed E-state index contributed by atoms with van der Waals surface area (Å²) in [5.74, 6) is -1.14. The van der Waals surface area contributed by atoms with Crippen molar-refractivity contribution in [3.05, 3.63) is 102 Å². The maximum Gasteiger partial charge on any atom is 0.291 e. The molecule has 0 aliphatic carbocycles. The second-order valence-corrected chi connectivity index (χ2v) is 8.39. The molecule has 0 radical (unpaired) electrons. The Balaban J connectivity index is 1.39. The number of hydrogen-bond acceptors (Lipinski definition) is 3. The maximum atomic E-state index is 13.5. The Morgan fingerprint density at radius 1 is 1.11 bits per heavy atom. The van der Waals surface area contributed by atoms with E-state index in [0.717, 1.165) is 34.0 Å². The van der Waals surface area contributed by atoms with Gasteiger partial charge in [-0.1, -0.05) is 18.2 Å². The lowest BCUT2D eigenvalue weighted by Gasteiger charge is -2.10. The average molecular weight is 485 g/mol. The number of para-hydroxylation sites is 1. The van der Waals surface area contributed by atoms with E-state index in [1.807, 2.05) is 43.6 Å². The molecule has 0 spiro atoms. The van der Waals surface area contributed by atoms with Gasteiger partial charge in [0.1, 0.15) is 11.5 Å². The van der Waals surface area contributed by atoms with Crippen LogP contribution < -0.4 is 10.6 Å². The van der Waals surface area contributed by atoms with Crippen molar-refractivity contribution in [2.45, 2.75) is 19.9 Å². The van der Waals surface area contributed by atoms with Gasteiger partial charge in [-0.2, -0.15) is 0 Å². The molecule has 0 fully saturated rings. The summed E-state index contributed by atoms with van der Waals surface area (Å²) in [6.45, 7) is 3.14. The number of nitrogens with one attached hydrogen (secondary N) is 3. The zero-order chi connectivity index (χ0) is 25.1. The number of benzene rings is 2. The monoisotopic (exact) mass is 484 g/mol. The van der Waals surface area contributed by atoms with Gasteiger partial charge in [-0.25, -0.2) is 4.39 Å². The molecule has 0 aliphatic rings. The van der Waals surface area contributed by atoms with Crippen molar-refractivity contribution < 1.29 is 18.4 Å². The lowest BCUT2D eigenvalue weighted by Crippen LogP contribution is -2.35. The highest BCUT2D eigenvalue weighted by molar-refractivity contribution is 6.06. The van der Waals surface area contributed by atoms with Crippen molar-refractivity contribution in [1.82, 2.24) is 20.2 Å². The van der Waals surface area contributed by atoms with E-state index in [9.17, 15) is 14.0 Å². The Bertz CT molecular complexity index is 1580. The van der Waals surface area contributed by atoms with Gasteiger partial charge in [0.15, 0.2) is 5.76 Å². The number of aryl methyl sites for hydroxylation is 1. The third kappa shape index (κ3) is 4.65. The minimum Gasteiger partial charge on any atom is -0.459 e. The Morgan fingerprint density at radius 2 is 1.97 bits per heavy atom. The van der Waals surface area contributed by atoms with Crippen molar-refractivity contribution in [3.8, 4) is 0 Å². The van der Waals surface area contributed by atoms with Crippen molar-refractivity contribution in [2.75, 3.05) is 6.54 Å². The second-order valence-electron chi connectivity index (χ2n) is 8.39. The SMILES string of the molecule is CCn1cc(C=C(NC(=O)c2ccco2)C(=O)NCCc2c[nH]c3cc(F)ccc23)c2ccccc21. The molecule has 182 valence electrons. The van der Waals surface area contributed by atoms with Crippen LogP contribution in [-0.2, 0) is 17.8 Å². The molecule has 8 heteroatoms. The first-order valence-corrected chi connectivity index (χ1v) is 11.7. The van der Waals surface area contributed by atoms with Gasteiger partial charge < -0.3 is 24.6 Å². The van der Waals surface area contributed by atoms with E-state index >= 15 is 0 Å². The molecule has 5 rings (SSSR count). The summed E-state index contributed by atoms with van der Waals surface area (Å²) in [5.41, 5.74) is 3.63. The van der Waals surface area contributed by atoms with Crippen LogP contribution >= 0.6 is 0 Å². The quantitative estimate of drug-likeness (QED) is 0.271. The van der Waals surface area contributed by atoms with Crippen molar-refractivity contribution >= 4 is 39.7 Å². The molecule has 0 bridgehead atoms. The number of furan rings is 1. The van der Waals surface area contributed by atoms with E-state index < -0.39 is 11.8 Å². The number of amides is 2. The average Bonchev–Trinajstić information content (AvgIpc) is 3.63. The first kappa shape index (κ1) is 23.2. The minimum atomic E-state index is -0.515. The van der Waals surface area contributed by atoms with Crippen LogP contribution in [-0.4, -0.2) is 27.9 Å². The van der Waals surface area contributed by atoms with Crippen LogP contribution in [0, 0.1) is 5.82 Å². The lowest BCUT2D eigenvalue weighted by atomic mass is 10.1. The molecule has 2 aromatic carbocycles. The molecule has 3 N–H and O–H groups in total. The fourth-order valence-electron chi connectivity index (χ4n) is 4.33. The zero-order valence-corrected chi connectivity index (χ0v) is 19.7. The second kappa shape index (κ2) is 9.95. The predicted molar refractivity (Wildman–Crippen MR) is 137 cm³/mol. The van der Waals surface area contributed by atoms with Gasteiger partial charge in [0.2, 0.25) is 0 Å². The third-order valence-electron chi connectivity index (χ3n) is 6.11. The highest BCUT2D eigenvalue weighted by Crippen LogP contribution is 2.24. The third-order valence-corrected chi connectivity index (χ3v) is 6.11. The first-order valence-electron chi connectivity index (χ1n) is 11.7. The fourth-order valence-corrected chi connectivity index (χ4v) is 4.33. The number of carbonyl (C=O) groups excluding carboxylic acids is 2. The topological polar surface area (TPSA) is 92.1 Å². The molecule has 7 nitrogen and oxygen atoms in total. The summed E-state index contributed by atoms with van der Waals surface area (Å²) in [7, 11) is 0. The zero-order valence-electron chi connectivity index (χ0n) is 19.7. The molecule has 0 aliphatic heterocycles. The Labute approximate surface area is 206 Å². The number of aromatic nitrogens is 2. The maximum absolute atomic E-state index is 13.5. The fraction of sp³-hybridized carbons (Fsp3) is 0.143. The largest absolute Gasteiger partial charge is 0.459 e. The summed E-state index contributed by atoms with van der Waals surface area (Å²) in [6, 6.07) is 15.6. The van der Waals surface area contributed by atoms with Gasteiger partial charge in [0.05, 0.1) is 6.26 Å². The van der Waals surface area contributed by atoms with Gasteiger partial charge in [0.25, 0.3) is 11.8 Å². The summed E-state index contributed by atoms with van der Waals surface area (Å²) in [5, 5.41) is 7.47. The molecule has 5 aromatic rings. The van der Waals surface area contributed by atoms with Crippen molar-refractivity contribution in [2.24, 2.45) is 0 Å². The van der Waals surface area contributed by atoms with Crippen LogP contribution in [0.2, 0.25) is 0 Å². The number of nitrogens with zero attached hydrogens (tertiary/aromatic N) is 1. The molecule has 0 saturated carbocycles. The molecular formula is C28H25FN4O3. The highest BCUT2D eigenvalue weighted by atomic mass is 19.1. The van der Waals surface area contributed by atoms with E-state index in [-0.39, 0.29) is 17.3 Å². The number of hydrogen-bond donors (Lipinski definition) is 3.